The van der Waals surface area contributed by atoms with Crippen molar-refractivity contribution in [3.63, 3.8) is 0 Å². The standard InChI is InChI=1S/C18H23N3/c1-2-19-18-10-9-15(12-20-18)13-21-11-5-8-16-6-3-4-7-17(16)14-21/h3-4,6-7,9-10,12H,2,5,8,11,13-14H2,1H3,(H,19,20). The number of hydrogen-bond donors (Lipinski definition) is 1. The summed E-state index contributed by atoms with van der Waals surface area (Å²) < 4.78 is 0. The molecule has 1 aliphatic rings. The van der Waals surface area contributed by atoms with E-state index >= 15 is 0 Å². The quantitative estimate of drug-likeness (QED) is 0.930. The molecule has 1 aromatic carbocycles. The fourth-order valence-corrected chi connectivity index (χ4v) is 2.97. The maximum absolute atomic E-state index is 4.46. The molecule has 0 spiro atoms. The number of benzene rings is 1. The smallest absolute Gasteiger partial charge is 0.125 e. The van der Waals surface area contributed by atoms with Gasteiger partial charge in [-0.1, -0.05) is 30.3 Å². The number of pyridine rings is 1. The lowest BCUT2D eigenvalue weighted by molar-refractivity contribution is 0.261. The molecule has 21 heavy (non-hydrogen) atoms. The second-order valence-electron chi connectivity index (χ2n) is 5.66. The lowest BCUT2D eigenvalue weighted by Crippen LogP contribution is -2.22. The van der Waals surface area contributed by atoms with Gasteiger partial charge >= 0.3 is 0 Å². The second kappa shape index (κ2) is 6.72. The molecule has 2 aromatic rings. The summed E-state index contributed by atoms with van der Waals surface area (Å²) in [5.41, 5.74) is 4.28. The molecule has 0 saturated heterocycles. The van der Waals surface area contributed by atoms with E-state index in [1.54, 1.807) is 0 Å². The number of aromatic nitrogens is 1. The average Bonchev–Trinajstić information content (AvgIpc) is 2.71. The predicted molar refractivity (Wildman–Crippen MR) is 87.3 cm³/mol. The Morgan fingerprint density at radius 2 is 2.00 bits per heavy atom. The summed E-state index contributed by atoms with van der Waals surface area (Å²) in [6.07, 6.45) is 4.43. The van der Waals surface area contributed by atoms with Crippen LogP contribution in [-0.4, -0.2) is 23.0 Å². The highest BCUT2D eigenvalue weighted by Crippen LogP contribution is 2.20. The maximum Gasteiger partial charge on any atom is 0.125 e. The number of nitrogens with one attached hydrogen (secondary N) is 1. The van der Waals surface area contributed by atoms with Crippen LogP contribution in [0.25, 0.3) is 0 Å². The van der Waals surface area contributed by atoms with Crippen molar-refractivity contribution in [1.82, 2.24) is 9.88 Å². The highest BCUT2D eigenvalue weighted by Gasteiger charge is 2.14. The fraction of sp³-hybridized carbons (Fsp3) is 0.389. The Morgan fingerprint density at radius 3 is 2.76 bits per heavy atom. The molecule has 0 radical (unpaired) electrons. The lowest BCUT2D eigenvalue weighted by Gasteiger charge is -2.20. The fourth-order valence-electron chi connectivity index (χ4n) is 2.97. The molecule has 0 amide bonds. The zero-order valence-electron chi connectivity index (χ0n) is 12.7. The topological polar surface area (TPSA) is 28.2 Å². The van der Waals surface area contributed by atoms with E-state index in [2.05, 4.69) is 58.5 Å². The number of aryl methyl sites for hydroxylation is 1. The van der Waals surface area contributed by atoms with Crippen molar-refractivity contribution >= 4 is 5.82 Å². The molecular formula is C18H23N3. The Balaban J connectivity index is 1.67. The number of fused-ring (bicyclic) bond motifs is 1. The molecule has 0 saturated carbocycles. The minimum Gasteiger partial charge on any atom is -0.370 e. The first kappa shape index (κ1) is 14.1. The van der Waals surface area contributed by atoms with Crippen LogP contribution >= 0.6 is 0 Å². The van der Waals surface area contributed by atoms with Gasteiger partial charge in [0.15, 0.2) is 0 Å². The van der Waals surface area contributed by atoms with Crippen molar-refractivity contribution in [3.05, 3.63) is 59.3 Å². The summed E-state index contributed by atoms with van der Waals surface area (Å²) in [5, 5.41) is 3.24. The van der Waals surface area contributed by atoms with Crippen LogP contribution in [0.15, 0.2) is 42.6 Å². The molecule has 1 aromatic heterocycles. The van der Waals surface area contributed by atoms with Crippen LogP contribution in [0.4, 0.5) is 5.82 Å². The van der Waals surface area contributed by atoms with Crippen molar-refractivity contribution < 1.29 is 0 Å². The van der Waals surface area contributed by atoms with E-state index in [1.807, 2.05) is 6.20 Å². The normalized spacial score (nSPS) is 15.3. The lowest BCUT2D eigenvalue weighted by atomic mass is 10.0. The van der Waals surface area contributed by atoms with E-state index in [1.165, 1.54) is 29.5 Å². The molecule has 2 heterocycles. The van der Waals surface area contributed by atoms with Crippen molar-refractivity contribution in [1.29, 1.82) is 0 Å². The van der Waals surface area contributed by atoms with E-state index in [0.29, 0.717) is 0 Å². The molecular weight excluding hydrogens is 258 g/mol. The van der Waals surface area contributed by atoms with Gasteiger partial charge in [-0.15, -0.1) is 0 Å². The SMILES string of the molecule is CCNc1ccc(CN2CCCc3ccccc3C2)cn1. The van der Waals surface area contributed by atoms with Crippen LogP contribution in [0.1, 0.15) is 30.0 Å². The summed E-state index contributed by atoms with van der Waals surface area (Å²) in [6.45, 7) is 6.18. The first-order valence-electron chi connectivity index (χ1n) is 7.83. The predicted octanol–water partition coefficient (Wildman–Crippen LogP) is 3.46. The van der Waals surface area contributed by atoms with Gasteiger partial charge in [-0.2, -0.15) is 0 Å². The Morgan fingerprint density at radius 1 is 1.14 bits per heavy atom. The van der Waals surface area contributed by atoms with Crippen molar-refractivity contribution in [3.8, 4) is 0 Å². The number of hydrogen-bond acceptors (Lipinski definition) is 3. The third-order valence-corrected chi connectivity index (χ3v) is 4.02. The molecule has 3 heteroatoms. The van der Waals surface area contributed by atoms with Crippen molar-refractivity contribution in [2.45, 2.75) is 32.9 Å². The van der Waals surface area contributed by atoms with Gasteiger partial charge in [0, 0.05) is 25.8 Å². The van der Waals surface area contributed by atoms with Crippen molar-refractivity contribution in [2.24, 2.45) is 0 Å². The molecule has 3 rings (SSSR count). The molecule has 0 atom stereocenters. The highest BCUT2D eigenvalue weighted by atomic mass is 15.1. The van der Waals surface area contributed by atoms with Gasteiger partial charge in [0.1, 0.15) is 5.82 Å². The van der Waals surface area contributed by atoms with E-state index < -0.39 is 0 Å². The second-order valence-corrected chi connectivity index (χ2v) is 5.66. The van der Waals surface area contributed by atoms with Crippen molar-refractivity contribution in [2.75, 3.05) is 18.4 Å². The van der Waals surface area contributed by atoms with Gasteiger partial charge in [0.05, 0.1) is 0 Å². The maximum atomic E-state index is 4.46. The molecule has 110 valence electrons. The number of nitrogens with zero attached hydrogens (tertiary/aromatic N) is 2. The summed E-state index contributed by atoms with van der Waals surface area (Å²) in [6, 6.07) is 13.1. The van der Waals surface area contributed by atoms with Crippen LogP contribution in [0.3, 0.4) is 0 Å². The summed E-state index contributed by atoms with van der Waals surface area (Å²) in [4.78, 5) is 6.99. The third-order valence-electron chi connectivity index (χ3n) is 4.02. The van der Waals surface area contributed by atoms with Crippen LogP contribution < -0.4 is 5.32 Å². The van der Waals surface area contributed by atoms with Gasteiger partial charge in [0.2, 0.25) is 0 Å². The first-order chi connectivity index (χ1) is 10.3. The molecule has 3 nitrogen and oxygen atoms in total. The third kappa shape index (κ3) is 3.61. The van der Waals surface area contributed by atoms with Gasteiger partial charge in [-0.05, 0) is 49.1 Å². The van der Waals surface area contributed by atoms with Gasteiger partial charge in [0.25, 0.3) is 0 Å². The largest absolute Gasteiger partial charge is 0.370 e. The monoisotopic (exact) mass is 281 g/mol. The molecule has 1 aliphatic heterocycles. The van der Waals surface area contributed by atoms with E-state index in [9.17, 15) is 0 Å². The molecule has 0 aliphatic carbocycles. The van der Waals surface area contributed by atoms with Crippen LogP contribution in [-0.2, 0) is 19.5 Å². The summed E-state index contributed by atoms with van der Waals surface area (Å²) >= 11 is 0. The number of rotatable bonds is 4. The zero-order chi connectivity index (χ0) is 14.5. The molecule has 0 unspecified atom stereocenters. The van der Waals surface area contributed by atoms with E-state index in [4.69, 9.17) is 0 Å². The van der Waals surface area contributed by atoms with E-state index in [0.717, 1.165) is 32.0 Å². The van der Waals surface area contributed by atoms with Crippen LogP contribution in [0, 0.1) is 0 Å². The minimum atomic E-state index is 0.912. The van der Waals surface area contributed by atoms with Crippen LogP contribution in [0.2, 0.25) is 0 Å². The Bertz CT molecular complexity index is 577. The molecule has 1 N–H and O–H groups in total. The van der Waals surface area contributed by atoms with E-state index in [-0.39, 0.29) is 0 Å². The Labute approximate surface area is 127 Å². The number of anilines is 1. The summed E-state index contributed by atoms with van der Waals surface area (Å²) in [5.74, 6) is 0.961. The average molecular weight is 281 g/mol. The first-order valence-corrected chi connectivity index (χ1v) is 7.83. The Kier molecular flexibility index (Phi) is 4.51. The van der Waals surface area contributed by atoms with Gasteiger partial charge < -0.3 is 5.32 Å². The highest BCUT2D eigenvalue weighted by molar-refractivity contribution is 5.35. The zero-order valence-corrected chi connectivity index (χ0v) is 12.7. The Hall–Kier alpha value is -1.87. The van der Waals surface area contributed by atoms with Gasteiger partial charge in [-0.3, -0.25) is 4.90 Å². The van der Waals surface area contributed by atoms with Crippen LogP contribution in [0.5, 0.6) is 0 Å². The van der Waals surface area contributed by atoms with Gasteiger partial charge in [-0.25, -0.2) is 4.98 Å². The molecule has 0 bridgehead atoms. The summed E-state index contributed by atoms with van der Waals surface area (Å²) in [7, 11) is 0. The molecule has 0 fully saturated rings. The minimum absolute atomic E-state index is 0.912.